The Balaban J connectivity index is 1.61. The fourth-order valence-electron chi connectivity index (χ4n) is 2.74. The molecular weight excluding hydrogens is 512 g/mol. The quantitative estimate of drug-likeness (QED) is 0.0567. The third-order valence-corrected chi connectivity index (χ3v) is 5.64. The van der Waals surface area contributed by atoms with Gasteiger partial charge in [-0.15, -0.1) is 4.33 Å². The van der Waals surface area contributed by atoms with Crippen molar-refractivity contribution in [3.8, 4) is 0 Å². The minimum absolute atomic E-state index is 0.0763. The number of nitrogen functional groups attached to an aromatic ring is 1. The van der Waals surface area contributed by atoms with Crippen molar-refractivity contribution in [2.24, 2.45) is 0 Å². The van der Waals surface area contributed by atoms with Gasteiger partial charge in [0.05, 0.1) is 12.3 Å². The first-order valence-electron chi connectivity index (χ1n) is 9.42. The highest BCUT2D eigenvalue weighted by molar-refractivity contribution is 7.89. The predicted molar refractivity (Wildman–Crippen MR) is 125 cm³/mol. The minimum atomic E-state index is -4.43. The average molecular weight is 531 g/mol. The van der Waals surface area contributed by atoms with Crippen molar-refractivity contribution in [1.82, 2.24) is 15.0 Å². The lowest BCUT2D eigenvalue weighted by Crippen LogP contribution is -2.06. The molecule has 1 aromatic heterocycles. The normalized spacial score (nSPS) is 11.4. The summed E-state index contributed by atoms with van der Waals surface area (Å²) in [6, 6.07) is 11.4. The molecule has 0 aliphatic rings. The number of aromatic nitrogens is 3. The van der Waals surface area contributed by atoms with Gasteiger partial charge in [0.25, 0.3) is 10.1 Å². The average Bonchev–Trinajstić information content (AvgIpc) is 2.76. The number of benzene rings is 2. The molecule has 0 saturated heterocycles. The maximum Gasteiger partial charge on any atom is 0.296 e. The van der Waals surface area contributed by atoms with Crippen LogP contribution in [0, 0.1) is 0 Å². The Morgan fingerprint density at radius 1 is 1.03 bits per heavy atom. The third-order valence-electron chi connectivity index (χ3n) is 4.16. The summed E-state index contributed by atoms with van der Waals surface area (Å²) in [4.78, 5) is 11.9. The lowest BCUT2D eigenvalue weighted by molar-refractivity contribution is -0.434. The summed E-state index contributed by atoms with van der Waals surface area (Å²) in [5.41, 5.74) is 7.70. The molecule has 0 unspecified atom stereocenters. The van der Waals surface area contributed by atoms with Gasteiger partial charge in [-0.25, -0.2) is 5.26 Å². The highest BCUT2D eigenvalue weighted by atomic mass is 35.5. The van der Waals surface area contributed by atoms with E-state index in [9.17, 15) is 8.42 Å². The maximum atomic E-state index is 11.3. The Morgan fingerprint density at radius 2 is 1.68 bits per heavy atom. The first-order valence-corrected chi connectivity index (χ1v) is 11.9. The number of hydrogen-bond acceptors (Lipinski definition) is 13. The van der Waals surface area contributed by atoms with Crippen LogP contribution in [0.2, 0.25) is 5.28 Å². The van der Waals surface area contributed by atoms with E-state index in [1.807, 2.05) is 24.3 Å². The van der Waals surface area contributed by atoms with Crippen molar-refractivity contribution in [3.63, 3.8) is 0 Å². The van der Waals surface area contributed by atoms with Gasteiger partial charge in [0, 0.05) is 11.4 Å². The number of nitrogens with one attached hydrogen (secondary N) is 2. The van der Waals surface area contributed by atoms with Crippen molar-refractivity contribution in [3.05, 3.63) is 53.3 Å². The minimum Gasteiger partial charge on any atom is -0.398 e. The molecule has 0 aliphatic heterocycles. The van der Waals surface area contributed by atoms with E-state index in [2.05, 4.69) is 35.0 Å². The van der Waals surface area contributed by atoms with Crippen LogP contribution < -0.4 is 16.4 Å². The first-order chi connectivity index (χ1) is 16.2. The molecule has 34 heavy (non-hydrogen) atoms. The number of aryl methyl sites for hydroxylation is 1. The Morgan fingerprint density at radius 3 is 2.29 bits per heavy atom. The Kier molecular flexibility index (Phi) is 9.20. The number of nitrogens with zero attached hydrogens (tertiary/aromatic N) is 3. The smallest absolute Gasteiger partial charge is 0.296 e. The second-order valence-electron chi connectivity index (χ2n) is 6.56. The van der Waals surface area contributed by atoms with Gasteiger partial charge in [-0.2, -0.15) is 23.4 Å². The molecular formula is C18H19ClN6O7S2. The zero-order valence-electron chi connectivity index (χ0n) is 17.2. The standard InChI is InChI=1S/C18H19ClN6O7S2/c19-16-23-17(21-12-5-3-11(4-6-12)2-1-9-30-33-32-31-26)25-18(24-16)22-13-7-8-15(14(20)10-13)34(27,28)29/h3-8,10,26H,1-2,9,20H2,(H,27,28,29)(H2,21,22,23,24,25). The molecule has 0 radical (unpaired) electrons. The van der Waals surface area contributed by atoms with Crippen LogP contribution in [0.1, 0.15) is 12.0 Å². The van der Waals surface area contributed by atoms with Crippen LogP contribution in [0.5, 0.6) is 0 Å². The summed E-state index contributed by atoms with van der Waals surface area (Å²) in [5, 5.41) is 17.2. The molecule has 182 valence electrons. The van der Waals surface area contributed by atoms with Gasteiger partial charge in [-0.1, -0.05) is 17.2 Å². The fraction of sp³-hybridized carbons (Fsp3) is 0.167. The SMILES string of the molecule is Nc1cc(Nc2nc(Cl)nc(Nc3ccc(CCCOSOOO)cc3)n2)ccc1S(=O)(=O)O. The van der Waals surface area contributed by atoms with Crippen molar-refractivity contribution < 1.29 is 31.8 Å². The number of nitrogens with two attached hydrogens (primary N) is 1. The van der Waals surface area contributed by atoms with E-state index in [4.69, 9.17) is 31.3 Å². The molecule has 0 saturated carbocycles. The first kappa shape index (κ1) is 25.9. The molecule has 0 fully saturated rings. The second-order valence-corrected chi connectivity index (χ2v) is 8.80. The van der Waals surface area contributed by atoms with Crippen LogP contribution in [0.4, 0.5) is 29.0 Å². The van der Waals surface area contributed by atoms with Crippen molar-refractivity contribution in [2.75, 3.05) is 23.0 Å². The molecule has 0 bridgehead atoms. The third kappa shape index (κ3) is 7.93. The lowest BCUT2D eigenvalue weighted by Gasteiger charge is -2.10. The van der Waals surface area contributed by atoms with E-state index in [1.54, 1.807) is 0 Å². The number of rotatable bonds is 12. The summed E-state index contributed by atoms with van der Waals surface area (Å²) in [7, 11) is -4.43. The molecule has 6 N–H and O–H groups in total. The summed E-state index contributed by atoms with van der Waals surface area (Å²) in [6.45, 7) is 0.400. The highest BCUT2D eigenvalue weighted by Crippen LogP contribution is 2.25. The summed E-state index contributed by atoms with van der Waals surface area (Å²) in [5.74, 6) is 0.265. The molecule has 2 aromatic carbocycles. The van der Waals surface area contributed by atoms with Gasteiger partial charge < -0.3 is 16.4 Å². The number of anilines is 5. The highest BCUT2D eigenvalue weighted by Gasteiger charge is 2.14. The van der Waals surface area contributed by atoms with E-state index in [0.29, 0.717) is 30.3 Å². The van der Waals surface area contributed by atoms with Gasteiger partial charge in [0.15, 0.2) is 12.3 Å². The molecule has 3 rings (SSSR count). The topological polar surface area (TPSA) is 191 Å². The molecule has 3 aromatic rings. The largest absolute Gasteiger partial charge is 0.398 e. The van der Waals surface area contributed by atoms with Crippen LogP contribution in [0.15, 0.2) is 47.4 Å². The van der Waals surface area contributed by atoms with Gasteiger partial charge in [0.2, 0.25) is 17.2 Å². The molecule has 16 heteroatoms. The number of halogens is 1. The van der Waals surface area contributed by atoms with Gasteiger partial charge in [0.1, 0.15) is 4.90 Å². The van der Waals surface area contributed by atoms with E-state index < -0.39 is 15.0 Å². The van der Waals surface area contributed by atoms with Crippen LogP contribution in [0.3, 0.4) is 0 Å². The zero-order valence-corrected chi connectivity index (χ0v) is 19.6. The van der Waals surface area contributed by atoms with Crippen LogP contribution in [0.25, 0.3) is 0 Å². The van der Waals surface area contributed by atoms with E-state index >= 15 is 0 Å². The molecule has 0 atom stereocenters. The molecule has 0 aliphatic carbocycles. The fourth-order valence-corrected chi connectivity index (χ4v) is 3.74. The molecule has 1 heterocycles. The maximum absolute atomic E-state index is 11.3. The van der Waals surface area contributed by atoms with Crippen molar-refractivity contribution in [2.45, 2.75) is 17.7 Å². The number of hydrogen-bond donors (Lipinski definition) is 5. The monoisotopic (exact) mass is 530 g/mol. The van der Waals surface area contributed by atoms with E-state index in [1.165, 1.54) is 12.1 Å². The van der Waals surface area contributed by atoms with Gasteiger partial charge in [-0.05, 0) is 60.3 Å². The van der Waals surface area contributed by atoms with E-state index in [0.717, 1.165) is 24.5 Å². The van der Waals surface area contributed by atoms with Gasteiger partial charge >= 0.3 is 0 Å². The Labute approximate surface area is 203 Å². The lowest BCUT2D eigenvalue weighted by atomic mass is 10.1. The van der Waals surface area contributed by atoms with Crippen molar-refractivity contribution >= 4 is 63.0 Å². The van der Waals surface area contributed by atoms with Crippen molar-refractivity contribution in [1.29, 1.82) is 0 Å². The molecule has 0 amide bonds. The zero-order chi connectivity index (χ0) is 24.6. The molecule has 0 spiro atoms. The van der Waals surface area contributed by atoms with Gasteiger partial charge in [-0.3, -0.25) is 8.74 Å². The van der Waals surface area contributed by atoms with Crippen LogP contribution in [-0.4, -0.2) is 39.8 Å². The van der Waals surface area contributed by atoms with E-state index in [-0.39, 0.29) is 22.9 Å². The second kappa shape index (κ2) is 12.1. The summed E-state index contributed by atoms with van der Waals surface area (Å²) >= 11 is 6.54. The molecule has 13 nitrogen and oxygen atoms in total. The van der Waals surface area contributed by atoms with Crippen LogP contribution >= 0.6 is 23.9 Å². The van der Waals surface area contributed by atoms with Crippen LogP contribution in [-0.2, 0) is 30.1 Å². The Hall–Kier alpha value is -2.76. The Bertz CT molecular complexity index is 1220. The summed E-state index contributed by atoms with van der Waals surface area (Å²) < 4.78 is 40.8. The summed E-state index contributed by atoms with van der Waals surface area (Å²) in [6.07, 6.45) is 1.48. The predicted octanol–water partition coefficient (Wildman–Crippen LogP) is 3.77.